The molecule has 4 heteroatoms. The van der Waals surface area contributed by atoms with Gasteiger partial charge in [-0.1, -0.05) is 6.92 Å². The van der Waals surface area contributed by atoms with E-state index in [9.17, 15) is 0 Å². The van der Waals surface area contributed by atoms with E-state index >= 15 is 0 Å². The van der Waals surface area contributed by atoms with Crippen LogP contribution < -0.4 is 5.73 Å². The zero-order chi connectivity index (χ0) is 10.7. The Morgan fingerprint density at radius 1 is 1.20 bits per heavy atom. The van der Waals surface area contributed by atoms with Crippen LogP contribution in [0.15, 0.2) is 30.9 Å². The number of nitrogens with two attached hydrogens (primary N) is 1. The molecule has 0 spiro atoms. The summed E-state index contributed by atoms with van der Waals surface area (Å²) in [6.07, 6.45) is 5.91. The number of rotatable bonds is 2. The third kappa shape index (κ3) is 1.93. The summed E-state index contributed by atoms with van der Waals surface area (Å²) in [6.45, 7) is 2.05. The third-order valence-corrected chi connectivity index (χ3v) is 2.20. The number of aryl methyl sites for hydroxylation is 1. The van der Waals surface area contributed by atoms with Crippen LogP contribution in [0.1, 0.15) is 12.6 Å². The summed E-state index contributed by atoms with van der Waals surface area (Å²) in [5.74, 6) is 0.549. The maximum absolute atomic E-state index is 5.64. The highest BCUT2D eigenvalue weighted by Gasteiger charge is 2.05. The number of aromatic nitrogens is 3. The lowest BCUT2D eigenvalue weighted by Crippen LogP contribution is -1.97. The molecule has 0 amide bonds. The molecule has 0 aliphatic carbocycles. The zero-order valence-corrected chi connectivity index (χ0v) is 8.51. The zero-order valence-electron chi connectivity index (χ0n) is 8.51. The molecule has 0 saturated carbocycles. The Morgan fingerprint density at radius 2 is 1.93 bits per heavy atom. The Morgan fingerprint density at radius 3 is 2.60 bits per heavy atom. The average Bonchev–Trinajstić information content (AvgIpc) is 2.30. The minimum Gasteiger partial charge on any atom is -0.384 e. The summed E-state index contributed by atoms with van der Waals surface area (Å²) in [6, 6.07) is 3.75. The molecule has 76 valence electrons. The number of nitrogens with zero attached hydrogens (tertiary/aromatic N) is 3. The normalized spacial score (nSPS) is 10.2. The molecule has 0 saturated heterocycles. The predicted molar refractivity (Wildman–Crippen MR) is 59.1 cm³/mol. The molecule has 0 fully saturated rings. The average molecular weight is 200 g/mol. The summed E-state index contributed by atoms with van der Waals surface area (Å²) in [7, 11) is 0. The number of anilines is 1. The summed E-state index contributed by atoms with van der Waals surface area (Å²) < 4.78 is 0. The van der Waals surface area contributed by atoms with Gasteiger partial charge in [0.25, 0.3) is 0 Å². The second-order valence-electron chi connectivity index (χ2n) is 3.21. The predicted octanol–water partition coefficient (Wildman–Crippen LogP) is 1.68. The highest BCUT2D eigenvalue weighted by Crippen LogP contribution is 2.22. The van der Waals surface area contributed by atoms with Crippen molar-refractivity contribution in [1.82, 2.24) is 15.0 Å². The Bertz CT molecular complexity index is 453. The molecule has 2 rings (SSSR count). The molecule has 0 radical (unpaired) electrons. The largest absolute Gasteiger partial charge is 0.384 e. The van der Waals surface area contributed by atoms with Gasteiger partial charge in [0.2, 0.25) is 0 Å². The van der Waals surface area contributed by atoms with Gasteiger partial charge in [-0.3, -0.25) is 0 Å². The van der Waals surface area contributed by atoms with Crippen LogP contribution in [-0.4, -0.2) is 15.0 Å². The van der Waals surface area contributed by atoms with Gasteiger partial charge in [-0.15, -0.1) is 0 Å². The van der Waals surface area contributed by atoms with Gasteiger partial charge in [-0.05, 0) is 18.6 Å². The molecule has 2 N–H and O–H groups in total. The van der Waals surface area contributed by atoms with Crippen LogP contribution in [0.2, 0.25) is 0 Å². The van der Waals surface area contributed by atoms with Gasteiger partial charge in [0, 0.05) is 23.5 Å². The van der Waals surface area contributed by atoms with Gasteiger partial charge < -0.3 is 5.73 Å². The van der Waals surface area contributed by atoms with E-state index in [1.807, 2.05) is 6.07 Å². The van der Waals surface area contributed by atoms with Crippen molar-refractivity contribution in [3.05, 3.63) is 36.5 Å². The number of hydrogen-bond donors (Lipinski definition) is 1. The molecule has 0 aliphatic heterocycles. The lowest BCUT2D eigenvalue weighted by molar-refractivity contribution is 1.04. The molecule has 0 aliphatic rings. The molecular formula is C11H12N4. The van der Waals surface area contributed by atoms with Gasteiger partial charge >= 0.3 is 0 Å². The standard InChI is InChI=1S/C11H12N4/c1-2-10-9(3-4-11(12)15-10)8-5-13-7-14-6-8/h3-7H,2H2,1H3,(H2,12,15). The topological polar surface area (TPSA) is 64.7 Å². The van der Waals surface area contributed by atoms with Crippen LogP contribution in [0, 0.1) is 0 Å². The summed E-state index contributed by atoms with van der Waals surface area (Å²) in [4.78, 5) is 12.3. The fraction of sp³-hybridized carbons (Fsp3) is 0.182. The molecule has 0 atom stereocenters. The molecule has 2 aromatic rings. The van der Waals surface area contributed by atoms with Gasteiger partial charge in [-0.25, -0.2) is 15.0 Å². The monoisotopic (exact) mass is 200 g/mol. The SMILES string of the molecule is CCc1nc(N)ccc1-c1cncnc1. The second-order valence-corrected chi connectivity index (χ2v) is 3.21. The maximum Gasteiger partial charge on any atom is 0.123 e. The smallest absolute Gasteiger partial charge is 0.123 e. The fourth-order valence-electron chi connectivity index (χ4n) is 1.49. The Hall–Kier alpha value is -1.97. The van der Waals surface area contributed by atoms with Crippen molar-refractivity contribution in [2.45, 2.75) is 13.3 Å². The van der Waals surface area contributed by atoms with E-state index in [4.69, 9.17) is 5.73 Å². The van der Waals surface area contributed by atoms with Crippen molar-refractivity contribution in [2.75, 3.05) is 5.73 Å². The highest BCUT2D eigenvalue weighted by molar-refractivity contribution is 5.65. The molecular weight excluding hydrogens is 188 g/mol. The van der Waals surface area contributed by atoms with E-state index < -0.39 is 0 Å². The quantitative estimate of drug-likeness (QED) is 0.801. The van der Waals surface area contributed by atoms with Crippen molar-refractivity contribution in [3.8, 4) is 11.1 Å². The van der Waals surface area contributed by atoms with Gasteiger partial charge in [-0.2, -0.15) is 0 Å². The first-order chi connectivity index (χ1) is 7.31. The molecule has 0 bridgehead atoms. The van der Waals surface area contributed by atoms with Crippen molar-refractivity contribution in [1.29, 1.82) is 0 Å². The van der Waals surface area contributed by atoms with E-state index in [2.05, 4.69) is 21.9 Å². The number of nitrogen functional groups attached to an aromatic ring is 1. The van der Waals surface area contributed by atoms with Crippen LogP contribution in [0.3, 0.4) is 0 Å². The van der Waals surface area contributed by atoms with Crippen LogP contribution in [0.5, 0.6) is 0 Å². The van der Waals surface area contributed by atoms with Crippen LogP contribution in [0.25, 0.3) is 11.1 Å². The molecule has 15 heavy (non-hydrogen) atoms. The number of hydrogen-bond acceptors (Lipinski definition) is 4. The summed E-state index contributed by atoms with van der Waals surface area (Å²) in [5, 5.41) is 0. The fourth-order valence-corrected chi connectivity index (χ4v) is 1.49. The van der Waals surface area contributed by atoms with Gasteiger partial charge in [0.05, 0.1) is 5.69 Å². The Labute approximate surface area is 88.2 Å². The lowest BCUT2D eigenvalue weighted by atomic mass is 10.1. The number of pyridine rings is 1. The molecule has 2 heterocycles. The van der Waals surface area contributed by atoms with Crippen LogP contribution in [0.4, 0.5) is 5.82 Å². The first-order valence-corrected chi connectivity index (χ1v) is 4.82. The molecule has 0 aromatic carbocycles. The maximum atomic E-state index is 5.64. The summed E-state index contributed by atoms with van der Waals surface area (Å²) >= 11 is 0. The Kier molecular flexibility index (Phi) is 2.58. The highest BCUT2D eigenvalue weighted by atomic mass is 14.8. The lowest BCUT2D eigenvalue weighted by Gasteiger charge is -2.06. The van der Waals surface area contributed by atoms with Gasteiger partial charge in [0.15, 0.2) is 0 Å². The van der Waals surface area contributed by atoms with Gasteiger partial charge in [0.1, 0.15) is 12.1 Å². The van der Waals surface area contributed by atoms with Crippen LogP contribution in [-0.2, 0) is 6.42 Å². The van der Waals surface area contributed by atoms with E-state index in [1.165, 1.54) is 6.33 Å². The van der Waals surface area contributed by atoms with Crippen molar-refractivity contribution >= 4 is 5.82 Å². The van der Waals surface area contributed by atoms with E-state index in [1.54, 1.807) is 18.5 Å². The van der Waals surface area contributed by atoms with Crippen molar-refractivity contribution in [2.24, 2.45) is 0 Å². The van der Waals surface area contributed by atoms with E-state index in [-0.39, 0.29) is 0 Å². The Balaban J connectivity index is 2.53. The third-order valence-electron chi connectivity index (χ3n) is 2.20. The first-order valence-electron chi connectivity index (χ1n) is 4.82. The molecule has 4 nitrogen and oxygen atoms in total. The van der Waals surface area contributed by atoms with Crippen LogP contribution >= 0.6 is 0 Å². The van der Waals surface area contributed by atoms with Crippen molar-refractivity contribution in [3.63, 3.8) is 0 Å². The summed E-state index contributed by atoms with van der Waals surface area (Å²) in [5.41, 5.74) is 8.64. The minimum absolute atomic E-state index is 0.549. The van der Waals surface area contributed by atoms with E-state index in [0.717, 1.165) is 23.2 Å². The second kappa shape index (κ2) is 4.04. The van der Waals surface area contributed by atoms with E-state index in [0.29, 0.717) is 5.82 Å². The first kappa shape index (κ1) is 9.58. The minimum atomic E-state index is 0.549. The molecule has 2 aromatic heterocycles. The van der Waals surface area contributed by atoms with Crippen molar-refractivity contribution < 1.29 is 0 Å². The molecule has 0 unspecified atom stereocenters.